The van der Waals surface area contributed by atoms with Gasteiger partial charge in [-0.1, -0.05) is 24.3 Å². The van der Waals surface area contributed by atoms with Crippen LogP contribution < -0.4 is 4.74 Å². The van der Waals surface area contributed by atoms with Gasteiger partial charge in [-0.25, -0.2) is 18.7 Å². The summed E-state index contributed by atoms with van der Waals surface area (Å²) in [6.45, 7) is 0.385. The van der Waals surface area contributed by atoms with Gasteiger partial charge in [-0.05, 0) is 35.4 Å². The zero-order valence-electron chi connectivity index (χ0n) is 16.1. The summed E-state index contributed by atoms with van der Waals surface area (Å²) in [6.07, 6.45) is 0.0131. The Balaban J connectivity index is 1.54. The SMILES string of the molecule is COCn1c(C(O)c2ccc(OCc3ccc(F)cc3)cc2)nc2ncc(F)cc21. The zero-order chi connectivity index (χ0) is 21.1. The molecule has 1 unspecified atom stereocenters. The summed E-state index contributed by atoms with van der Waals surface area (Å²) in [7, 11) is 1.50. The van der Waals surface area contributed by atoms with Crippen molar-refractivity contribution >= 4 is 11.2 Å². The van der Waals surface area contributed by atoms with Crippen molar-refractivity contribution in [2.45, 2.75) is 19.4 Å². The third-order valence-electron chi connectivity index (χ3n) is 4.62. The number of aliphatic hydroxyl groups excluding tert-OH is 1. The maximum Gasteiger partial charge on any atom is 0.178 e. The molecule has 6 nitrogen and oxygen atoms in total. The largest absolute Gasteiger partial charge is 0.489 e. The molecule has 154 valence electrons. The summed E-state index contributed by atoms with van der Waals surface area (Å²) in [5.41, 5.74) is 2.18. The van der Waals surface area contributed by atoms with E-state index in [1.165, 1.54) is 25.3 Å². The summed E-state index contributed by atoms with van der Waals surface area (Å²) in [5.74, 6) is 0.104. The molecule has 0 radical (unpaired) electrons. The maximum absolute atomic E-state index is 13.6. The van der Waals surface area contributed by atoms with Gasteiger partial charge in [-0.2, -0.15) is 0 Å². The molecule has 0 amide bonds. The maximum atomic E-state index is 13.6. The average Bonchev–Trinajstić information content (AvgIpc) is 3.11. The predicted molar refractivity (Wildman–Crippen MR) is 106 cm³/mol. The predicted octanol–water partition coefficient (Wildman–Crippen LogP) is 3.97. The van der Waals surface area contributed by atoms with Gasteiger partial charge in [0.25, 0.3) is 0 Å². The number of halogens is 2. The number of aliphatic hydroxyl groups is 1. The van der Waals surface area contributed by atoms with E-state index in [4.69, 9.17) is 9.47 Å². The van der Waals surface area contributed by atoms with Crippen LogP contribution in [0.1, 0.15) is 23.1 Å². The van der Waals surface area contributed by atoms with Crippen LogP contribution in [0.4, 0.5) is 8.78 Å². The van der Waals surface area contributed by atoms with Gasteiger partial charge in [-0.3, -0.25) is 4.57 Å². The minimum Gasteiger partial charge on any atom is -0.489 e. The van der Waals surface area contributed by atoms with Crippen LogP contribution in [0.5, 0.6) is 5.75 Å². The molecule has 0 fully saturated rings. The van der Waals surface area contributed by atoms with Crippen molar-refractivity contribution < 1.29 is 23.4 Å². The van der Waals surface area contributed by atoms with E-state index in [1.54, 1.807) is 41.0 Å². The number of aromatic nitrogens is 3. The number of hydrogen-bond donors (Lipinski definition) is 1. The van der Waals surface area contributed by atoms with Crippen molar-refractivity contribution in [1.82, 2.24) is 14.5 Å². The summed E-state index contributed by atoms with van der Waals surface area (Å²) >= 11 is 0. The highest BCUT2D eigenvalue weighted by Gasteiger charge is 2.21. The lowest BCUT2D eigenvalue weighted by Crippen LogP contribution is -2.11. The van der Waals surface area contributed by atoms with Crippen molar-refractivity contribution in [2.75, 3.05) is 7.11 Å². The van der Waals surface area contributed by atoms with Crippen molar-refractivity contribution in [3.63, 3.8) is 0 Å². The summed E-state index contributed by atoms with van der Waals surface area (Å²) in [4.78, 5) is 8.32. The quantitative estimate of drug-likeness (QED) is 0.498. The summed E-state index contributed by atoms with van der Waals surface area (Å²) in [6, 6.07) is 14.3. The van der Waals surface area contributed by atoms with Gasteiger partial charge in [0.1, 0.15) is 42.7 Å². The Bertz CT molecular complexity index is 1140. The number of imidazole rings is 1. The molecule has 2 heterocycles. The second-order valence-electron chi connectivity index (χ2n) is 6.70. The van der Waals surface area contributed by atoms with Crippen LogP contribution in [0.2, 0.25) is 0 Å². The first kappa shape index (κ1) is 19.9. The molecule has 0 aliphatic carbocycles. The number of pyridine rings is 1. The van der Waals surface area contributed by atoms with E-state index in [1.807, 2.05) is 0 Å². The smallest absolute Gasteiger partial charge is 0.178 e. The molecule has 0 bridgehead atoms. The Kier molecular flexibility index (Phi) is 5.69. The fourth-order valence-corrected chi connectivity index (χ4v) is 3.11. The van der Waals surface area contributed by atoms with Crippen LogP contribution in [-0.4, -0.2) is 26.8 Å². The van der Waals surface area contributed by atoms with E-state index in [0.717, 1.165) is 11.8 Å². The Morgan fingerprint density at radius 1 is 1.03 bits per heavy atom. The number of rotatable bonds is 7. The Labute approximate surface area is 171 Å². The molecule has 0 aliphatic heterocycles. The number of nitrogens with zero attached hydrogens (tertiary/aromatic N) is 3. The Hall–Kier alpha value is -3.36. The van der Waals surface area contributed by atoms with Crippen molar-refractivity contribution in [3.8, 4) is 5.75 Å². The lowest BCUT2D eigenvalue weighted by molar-refractivity contribution is 0.120. The summed E-state index contributed by atoms with van der Waals surface area (Å²) in [5, 5.41) is 10.9. The zero-order valence-corrected chi connectivity index (χ0v) is 16.1. The Morgan fingerprint density at radius 3 is 2.47 bits per heavy atom. The van der Waals surface area contributed by atoms with E-state index in [0.29, 0.717) is 34.9 Å². The molecule has 1 atom stereocenters. The number of benzene rings is 2. The molecule has 0 spiro atoms. The van der Waals surface area contributed by atoms with Gasteiger partial charge in [0.15, 0.2) is 5.65 Å². The molecule has 0 saturated heterocycles. The average molecular weight is 411 g/mol. The van der Waals surface area contributed by atoms with Gasteiger partial charge < -0.3 is 14.6 Å². The van der Waals surface area contributed by atoms with Gasteiger partial charge in [0.05, 0.1) is 11.7 Å². The molecule has 30 heavy (non-hydrogen) atoms. The van der Waals surface area contributed by atoms with Crippen molar-refractivity contribution in [3.05, 3.63) is 89.4 Å². The molecule has 2 aromatic carbocycles. The van der Waals surface area contributed by atoms with Crippen LogP contribution in [0.3, 0.4) is 0 Å². The lowest BCUT2D eigenvalue weighted by Gasteiger charge is -2.14. The fraction of sp³-hybridized carbons (Fsp3) is 0.182. The molecule has 4 aromatic rings. The molecule has 4 rings (SSSR count). The first-order valence-electron chi connectivity index (χ1n) is 9.21. The topological polar surface area (TPSA) is 69.4 Å². The highest BCUT2D eigenvalue weighted by atomic mass is 19.1. The van der Waals surface area contributed by atoms with Crippen molar-refractivity contribution in [2.24, 2.45) is 0 Å². The van der Waals surface area contributed by atoms with E-state index in [-0.39, 0.29) is 12.5 Å². The molecule has 8 heteroatoms. The molecular weight excluding hydrogens is 392 g/mol. The fourth-order valence-electron chi connectivity index (χ4n) is 3.11. The number of fused-ring (bicyclic) bond motifs is 1. The molecule has 0 saturated carbocycles. The van der Waals surface area contributed by atoms with Crippen LogP contribution in [0.25, 0.3) is 11.2 Å². The first-order chi connectivity index (χ1) is 14.5. The van der Waals surface area contributed by atoms with E-state index < -0.39 is 11.9 Å². The van der Waals surface area contributed by atoms with E-state index in [9.17, 15) is 13.9 Å². The van der Waals surface area contributed by atoms with Crippen molar-refractivity contribution in [1.29, 1.82) is 0 Å². The molecular formula is C22H19F2N3O3. The number of hydrogen-bond acceptors (Lipinski definition) is 5. The Morgan fingerprint density at radius 2 is 1.77 bits per heavy atom. The van der Waals surface area contributed by atoms with Gasteiger partial charge in [0.2, 0.25) is 0 Å². The van der Waals surface area contributed by atoms with Gasteiger partial charge >= 0.3 is 0 Å². The third-order valence-corrected chi connectivity index (χ3v) is 4.62. The highest BCUT2D eigenvalue weighted by molar-refractivity contribution is 5.71. The normalized spacial score (nSPS) is 12.3. The number of ether oxygens (including phenoxy) is 2. The van der Waals surface area contributed by atoms with Crippen LogP contribution in [0, 0.1) is 11.6 Å². The summed E-state index contributed by atoms with van der Waals surface area (Å²) < 4.78 is 39.0. The van der Waals surface area contributed by atoms with Crippen LogP contribution in [0.15, 0.2) is 60.8 Å². The first-order valence-corrected chi connectivity index (χ1v) is 9.21. The number of methoxy groups -OCH3 is 1. The van der Waals surface area contributed by atoms with Crippen LogP contribution >= 0.6 is 0 Å². The molecule has 0 aliphatic rings. The second kappa shape index (κ2) is 8.56. The molecule has 2 aromatic heterocycles. The minimum absolute atomic E-state index is 0.0902. The minimum atomic E-state index is -1.07. The van der Waals surface area contributed by atoms with E-state index >= 15 is 0 Å². The van der Waals surface area contributed by atoms with Gasteiger partial charge in [-0.15, -0.1) is 0 Å². The van der Waals surface area contributed by atoms with Crippen LogP contribution in [-0.2, 0) is 18.1 Å². The van der Waals surface area contributed by atoms with E-state index in [2.05, 4.69) is 9.97 Å². The third kappa shape index (κ3) is 4.14. The lowest BCUT2D eigenvalue weighted by atomic mass is 10.1. The standard InChI is InChI=1S/C22H19F2N3O3/c1-29-13-27-19-10-17(24)11-25-21(19)26-22(27)20(28)15-4-8-18(9-5-15)30-12-14-2-6-16(23)7-3-14/h2-11,20,28H,12-13H2,1H3. The highest BCUT2D eigenvalue weighted by Crippen LogP contribution is 2.27. The molecule has 1 N–H and O–H groups in total. The second-order valence-corrected chi connectivity index (χ2v) is 6.70. The van der Waals surface area contributed by atoms with Gasteiger partial charge in [0, 0.05) is 13.2 Å². The monoisotopic (exact) mass is 411 g/mol.